The Hall–Kier alpha value is -0.340. The molecule has 0 amide bonds. The predicted molar refractivity (Wildman–Crippen MR) is 60.3 cm³/mol. The van der Waals surface area contributed by atoms with E-state index in [4.69, 9.17) is 0 Å². The lowest BCUT2D eigenvalue weighted by Gasteiger charge is -2.06. The van der Waals surface area contributed by atoms with Gasteiger partial charge in [-0.1, -0.05) is 13.8 Å². The van der Waals surface area contributed by atoms with E-state index in [0.29, 0.717) is 0 Å². The highest BCUT2D eigenvalue weighted by Crippen LogP contribution is 2.20. The van der Waals surface area contributed by atoms with Gasteiger partial charge in [-0.15, -0.1) is 11.3 Å². The van der Waals surface area contributed by atoms with Gasteiger partial charge in [-0.25, -0.2) is 0 Å². The van der Waals surface area contributed by atoms with Crippen molar-refractivity contribution < 1.29 is 0 Å². The van der Waals surface area contributed by atoms with Crippen LogP contribution in [0.5, 0.6) is 0 Å². The summed E-state index contributed by atoms with van der Waals surface area (Å²) in [7, 11) is 0. The summed E-state index contributed by atoms with van der Waals surface area (Å²) in [6.07, 6.45) is 0. The number of thiophene rings is 1. The van der Waals surface area contributed by atoms with Gasteiger partial charge in [0.15, 0.2) is 0 Å². The first kappa shape index (κ1) is 10.7. The van der Waals surface area contributed by atoms with Crippen molar-refractivity contribution in [3.63, 3.8) is 0 Å². The van der Waals surface area contributed by atoms with E-state index in [0.717, 1.165) is 19.0 Å². The third kappa shape index (κ3) is 3.49. The molecule has 0 aliphatic carbocycles. The lowest BCUT2D eigenvalue weighted by molar-refractivity contribution is 0.552. The topological polar surface area (TPSA) is 12.0 Å². The number of hydrogen-bond acceptors (Lipinski definition) is 2. The average molecular weight is 197 g/mol. The van der Waals surface area contributed by atoms with Crippen molar-refractivity contribution in [2.75, 3.05) is 6.54 Å². The second-order valence-electron chi connectivity index (χ2n) is 3.96. The first-order valence-electron chi connectivity index (χ1n) is 4.86. The average Bonchev–Trinajstić information content (AvgIpc) is 2.29. The van der Waals surface area contributed by atoms with Crippen molar-refractivity contribution in [3.8, 4) is 0 Å². The molecule has 74 valence electrons. The van der Waals surface area contributed by atoms with Gasteiger partial charge >= 0.3 is 0 Å². The van der Waals surface area contributed by atoms with Crippen LogP contribution in [0.4, 0.5) is 0 Å². The van der Waals surface area contributed by atoms with Crippen LogP contribution in [0.15, 0.2) is 6.07 Å². The zero-order chi connectivity index (χ0) is 9.84. The summed E-state index contributed by atoms with van der Waals surface area (Å²) in [4.78, 5) is 2.87. The molecule has 0 atom stereocenters. The lowest BCUT2D eigenvalue weighted by Crippen LogP contribution is -2.18. The van der Waals surface area contributed by atoms with Crippen molar-refractivity contribution >= 4 is 11.3 Å². The maximum atomic E-state index is 3.46. The van der Waals surface area contributed by atoms with Crippen LogP contribution in [0.2, 0.25) is 0 Å². The van der Waals surface area contributed by atoms with Crippen molar-refractivity contribution in [2.24, 2.45) is 5.92 Å². The van der Waals surface area contributed by atoms with Crippen molar-refractivity contribution in [2.45, 2.75) is 34.2 Å². The van der Waals surface area contributed by atoms with Crippen molar-refractivity contribution in [1.29, 1.82) is 0 Å². The van der Waals surface area contributed by atoms with Crippen LogP contribution >= 0.6 is 11.3 Å². The Kier molecular flexibility index (Phi) is 3.94. The SMILES string of the molecule is Cc1cc(CNCC(C)C)c(C)s1. The molecule has 1 N–H and O–H groups in total. The Morgan fingerprint density at radius 1 is 1.38 bits per heavy atom. The number of rotatable bonds is 4. The minimum atomic E-state index is 0.736. The predicted octanol–water partition coefficient (Wildman–Crippen LogP) is 3.11. The van der Waals surface area contributed by atoms with Crippen molar-refractivity contribution in [1.82, 2.24) is 5.32 Å². The van der Waals surface area contributed by atoms with Gasteiger partial charge in [0.25, 0.3) is 0 Å². The highest BCUT2D eigenvalue weighted by atomic mass is 32.1. The summed E-state index contributed by atoms with van der Waals surface area (Å²) in [6.45, 7) is 11.0. The monoisotopic (exact) mass is 197 g/mol. The fourth-order valence-corrected chi connectivity index (χ4v) is 2.30. The Morgan fingerprint density at radius 3 is 2.54 bits per heavy atom. The summed E-state index contributed by atoms with van der Waals surface area (Å²) < 4.78 is 0. The smallest absolute Gasteiger partial charge is 0.0216 e. The van der Waals surface area contributed by atoms with E-state index in [1.807, 2.05) is 11.3 Å². The first-order valence-corrected chi connectivity index (χ1v) is 5.68. The molecular formula is C11H19NS. The number of hydrogen-bond donors (Lipinski definition) is 1. The maximum Gasteiger partial charge on any atom is 0.0216 e. The zero-order valence-corrected chi connectivity index (χ0v) is 9.79. The van der Waals surface area contributed by atoms with Gasteiger partial charge in [-0.3, -0.25) is 0 Å². The minimum absolute atomic E-state index is 0.736. The molecule has 1 aromatic heterocycles. The van der Waals surface area contributed by atoms with Gasteiger partial charge in [0.05, 0.1) is 0 Å². The maximum absolute atomic E-state index is 3.46. The molecule has 0 radical (unpaired) electrons. The van der Waals surface area contributed by atoms with Crippen LogP contribution < -0.4 is 5.32 Å². The lowest BCUT2D eigenvalue weighted by atomic mass is 10.2. The highest BCUT2D eigenvalue weighted by molar-refractivity contribution is 7.12. The van der Waals surface area contributed by atoms with Gasteiger partial charge in [-0.2, -0.15) is 0 Å². The largest absolute Gasteiger partial charge is 0.312 e. The zero-order valence-electron chi connectivity index (χ0n) is 8.98. The van der Waals surface area contributed by atoms with Crippen molar-refractivity contribution in [3.05, 3.63) is 21.4 Å². The number of aryl methyl sites for hydroxylation is 2. The second kappa shape index (κ2) is 4.77. The molecule has 1 heterocycles. The van der Waals surface area contributed by atoms with E-state index >= 15 is 0 Å². The van der Waals surface area contributed by atoms with Crippen LogP contribution in [-0.4, -0.2) is 6.54 Å². The molecule has 0 bridgehead atoms. The Labute approximate surface area is 85.2 Å². The Balaban J connectivity index is 2.40. The number of nitrogens with one attached hydrogen (secondary N) is 1. The quantitative estimate of drug-likeness (QED) is 0.782. The third-order valence-corrected chi connectivity index (χ3v) is 3.02. The molecule has 0 aliphatic rings. The van der Waals surface area contributed by atoms with Gasteiger partial charge < -0.3 is 5.32 Å². The van der Waals surface area contributed by atoms with E-state index in [1.54, 1.807) is 0 Å². The van der Waals surface area contributed by atoms with Crippen LogP contribution in [-0.2, 0) is 6.54 Å². The Bertz CT molecular complexity index is 263. The van der Waals surface area contributed by atoms with Gasteiger partial charge in [0.1, 0.15) is 0 Å². The molecule has 0 aliphatic heterocycles. The Morgan fingerprint density at radius 2 is 2.08 bits per heavy atom. The van der Waals surface area contributed by atoms with Gasteiger partial charge in [0, 0.05) is 16.3 Å². The first-order chi connectivity index (χ1) is 6.09. The molecular weight excluding hydrogens is 178 g/mol. The van der Waals surface area contributed by atoms with Crippen LogP contribution in [0.1, 0.15) is 29.2 Å². The summed E-state index contributed by atoms with van der Waals surface area (Å²) >= 11 is 1.89. The molecule has 2 heteroatoms. The highest BCUT2D eigenvalue weighted by Gasteiger charge is 2.02. The van der Waals surface area contributed by atoms with E-state index in [2.05, 4.69) is 39.1 Å². The second-order valence-corrected chi connectivity index (χ2v) is 5.42. The van der Waals surface area contributed by atoms with E-state index in [-0.39, 0.29) is 0 Å². The van der Waals surface area contributed by atoms with Crippen LogP contribution in [0.25, 0.3) is 0 Å². The molecule has 0 saturated carbocycles. The summed E-state index contributed by atoms with van der Waals surface area (Å²) in [6, 6.07) is 2.29. The summed E-state index contributed by atoms with van der Waals surface area (Å²) in [5, 5.41) is 3.46. The molecule has 0 spiro atoms. The molecule has 0 saturated heterocycles. The molecule has 1 aromatic rings. The van der Waals surface area contributed by atoms with E-state index in [9.17, 15) is 0 Å². The summed E-state index contributed by atoms with van der Waals surface area (Å²) in [5.74, 6) is 0.736. The standard InChI is InChI=1S/C11H19NS/c1-8(2)6-12-7-11-5-9(3)13-10(11)4/h5,8,12H,6-7H2,1-4H3. The molecule has 0 fully saturated rings. The van der Waals surface area contributed by atoms with Gasteiger partial charge in [0.2, 0.25) is 0 Å². The molecule has 1 rings (SSSR count). The van der Waals surface area contributed by atoms with E-state index < -0.39 is 0 Å². The fourth-order valence-electron chi connectivity index (χ4n) is 1.35. The minimum Gasteiger partial charge on any atom is -0.312 e. The van der Waals surface area contributed by atoms with Crippen LogP contribution in [0, 0.1) is 19.8 Å². The molecule has 1 nitrogen and oxygen atoms in total. The van der Waals surface area contributed by atoms with E-state index in [1.165, 1.54) is 15.3 Å². The molecule has 13 heavy (non-hydrogen) atoms. The van der Waals surface area contributed by atoms with Gasteiger partial charge in [-0.05, 0) is 37.9 Å². The fraction of sp³-hybridized carbons (Fsp3) is 0.636. The molecule has 0 aromatic carbocycles. The van der Waals surface area contributed by atoms with Crippen LogP contribution in [0.3, 0.4) is 0 Å². The third-order valence-electron chi connectivity index (χ3n) is 2.01. The normalized spacial score (nSPS) is 11.2. The summed E-state index contributed by atoms with van der Waals surface area (Å²) in [5.41, 5.74) is 1.46. The molecule has 0 unspecified atom stereocenters.